The minimum Gasteiger partial charge on any atom is -0.508 e. The lowest BCUT2D eigenvalue weighted by Gasteiger charge is -2.18. The molecule has 0 radical (unpaired) electrons. The average molecular weight is 324 g/mol. The van der Waals surface area contributed by atoms with Crippen molar-refractivity contribution < 1.29 is 5.11 Å². The summed E-state index contributed by atoms with van der Waals surface area (Å²) in [5, 5.41) is 14.7. The third-order valence-electron chi connectivity index (χ3n) is 3.52. The van der Waals surface area contributed by atoms with Gasteiger partial charge in [0.1, 0.15) is 5.75 Å². The molecule has 0 amide bonds. The molecule has 0 aliphatic rings. The molecule has 0 bridgehead atoms. The quantitative estimate of drug-likeness (QED) is 0.785. The maximum Gasteiger partial charge on any atom is 0.120 e. The van der Waals surface area contributed by atoms with Gasteiger partial charge in [0.2, 0.25) is 0 Å². The van der Waals surface area contributed by atoms with E-state index in [0.717, 1.165) is 30.5 Å². The van der Waals surface area contributed by atoms with E-state index in [9.17, 15) is 5.11 Å². The van der Waals surface area contributed by atoms with Crippen LogP contribution in [0.3, 0.4) is 0 Å². The maximum atomic E-state index is 9.93. The Morgan fingerprint density at radius 2 is 1.90 bits per heavy atom. The van der Waals surface area contributed by atoms with E-state index in [0.29, 0.717) is 15.8 Å². The number of phenols is 1. The molecule has 0 saturated carbocycles. The predicted molar refractivity (Wildman–Crippen MR) is 89.3 cm³/mol. The van der Waals surface area contributed by atoms with Crippen molar-refractivity contribution in [3.8, 4) is 5.75 Å². The molecule has 0 saturated heterocycles. The van der Waals surface area contributed by atoms with Crippen molar-refractivity contribution in [1.29, 1.82) is 0 Å². The Balaban J connectivity index is 1.96. The standard InChI is InChI=1S/C17H19Cl2NO/c1-2-16(14-5-3-4-6-17(14)21)20-10-9-12-7-8-13(18)11-15(12)19/h3-8,11,16,20-21H,2,9-10H2,1H3. The van der Waals surface area contributed by atoms with Gasteiger partial charge in [-0.05, 0) is 43.1 Å². The summed E-state index contributed by atoms with van der Waals surface area (Å²) in [6.07, 6.45) is 1.73. The van der Waals surface area contributed by atoms with Gasteiger partial charge in [-0.25, -0.2) is 0 Å². The first-order valence-corrected chi connectivity index (χ1v) is 7.82. The number of halogens is 2. The second-order valence-corrected chi connectivity index (χ2v) is 5.80. The van der Waals surface area contributed by atoms with Crippen molar-refractivity contribution in [1.82, 2.24) is 5.32 Å². The lowest BCUT2D eigenvalue weighted by molar-refractivity contribution is 0.442. The van der Waals surface area contributed by atoms with E-state index in [2.05, 4.69) is 12.2 Å². The number of aromatic hydroxyl groups is 1. The summed E-state index contributed by atoms with van der Waals surface area (Å²) >= 11 is 12.1. The van der Waals surface area contributed by atoms with Crippen molar-refractivity contribution in [2.24, 2.45) is 0 Å². The van der Waals surface area contributed by atoms with E-state index in [4.69, 9.17) is 23.2 Å². The fourth-order valence-corrected chi connectivity index (χ4v) is 2.86. The minimum absolute atomic E-state index is 0.136. The Morgan fingerprint density at radius 1 is 1.14 bits per heavy atom. The van der Waals surface area contributed by atoms with Crippen molar-refractivity contribution in [3.05, 3.63) is 63.6 Å². The molecule has 2 aromatic carbocycles. The molecule has 4 heteroatoms. The van der Waals surface area contributed by atoms with E-state index in [1.54, 1.807) is 12.1 Å². The molecule has 1 unspecified atom stereocenters. The topological polar surface area (TPSA) is 32.3 Å². The third kappa shape index (κ3) is 4.37. The average Bonchev–Trinajstić information content (AvgIpc) is 2.47. The van der Waals surface area contributed by atoms with Crippen LogP contribution in [-0.4, -0.2) is 11.7 Å². The molecule has 0 aromatic heterocycles. The molecule has 0 fully saturated rings. The molecule has 2 nitrogen and oxygen atoms in total. The monoisotopic (exact) mass is 323 g/mol. The second kappa shape index (κ2) is 7.69. The van der Waals surface area contributed by atoms with Gasteiger partial charge in [0, 0.05) is 21.7 Å². The number of rotatable bonds is 6. The number of nitrogens with one attached hydrogen (secondary N) is 1. The fourth-order valence-electron chi connectivity index (χ4n) is 2.36. The molecule has 0 heterocycles. The number of phenolic OH excluding ortho intramolecular Hbond substituents is 1. The van der Waals surface area contributed by atoms with E-state index >= 15 is 0 Å². The summed E-state index contributed by atoms with van der Waals surface area (Å²) in [5.41, 5.74) is 2.00. The van der Waals surface area contributed by atoms with Gasteiger partial charge < -0.3 is 10.4 Å². The predicted octanol–water partition coefficient (Wildman–Crippen LogP) is 4.98. The SMILES string of the molecule is CCC(NCCc1ccc(Cl)cc1Cl)c1ccccc1O. The van der Waals surface area contributed by atoms with Crippen LogP contribution in [0.25, 0.3) is 0 Å². The molecule has 1 atom stereocenters. The zero-order valence-corrected chi connectivity index (χ0v) is 13.5. The van der Waals surface area contributed by atoms with Gasteiger partial charge >= 0.3 is 0 Å². The molecule has 2 aromatic rings. The van der Waals surface area contributed by atoms with Crippen LogP contribution in [0.5, 0.6) is 5.75 Å². The van der Waals surface area contributed by atoms with Crippen LogP contribution in [0, 0.1) is 0 Å². The summed E-state index contributed by atoms with van der Waals surface area (Å²) in [4.78, 5) is 0. The zero-order chi connectivity index (χ0) is 15.2. The number of hydrogen-bond acceptors (Lipinski definition) is 2. The van der Waals surface area contributed by atoms with E-state index in [1.807, 2.05) is 30.3 Å². The molecule has 112 valence electrons. The fraction of sp³-hybridized carbons (Fsp3) is 0.294. The molecule has 2 rings (SSSR count). The molecular weight excluding hydrogens is 305 g/mol. The van der Waals surface area contributed by atoms with Crippen molar-refractivity contribution in [2.45, 2.75) is 25.8 Å². The van der Waals surface area contributed by atoms with Crippen molar-refractivity contribution >= 4 is 23.2 Å². The molecule has 0 spiro atoms. The van der Waals surface area contributed by atoms with Crippen LogP contribution in [-0.2, 0) is 6.42 Å². The molecule has 21 heavy (non-hydrogen) atoms. The highest BCUT2D eigenvalue weighted by molar-refractivity contribution is 6.35. The highest BCUT2D eigenvalue weighted by Gasteiger charge is 2.12. The van der Waals surface area contributed by atoms with Crippen LogP contribution in [0.4, 0.5) is 0 Å². The first-order valence-electron chi connectivity index (χ1n) is 7.07. The Labute approximate surface area is 135 Å². The number of benzene rings is 2. The van der Waals surface area contributed by atoms with Crippen LogP contribution in [0.15, 0.2) is 42.5 Å². The van der Waals surface area contributed by atoms with Gasteiger partial charge in [0.25, 0.3) is 0 Å². The first-order chi connectivity index (χ1) is 10.1. The van der Waals surface area contributed by atoms with Gasteiger partial charge in [-0.1, -0.05) is 54.4 Å². The van der Waals surface area contributed by atoms with Gasteiger partial charge in [-0.3, -0.25) is 0 Å². The highest BCUT2D eigenvalue weighted by atomic mass is 35.5. The van der Waals surface area contributed by atoms with Crippen LogP contribution >= 0.6 is 23.2 Å². The van der Waals surface area contributed by atoms with E-state index < -0.39 is 0 Å². The highest BCUT2D eigenvalue weighted by Crippen LogP contribution is 2.26. The smallest absolute Gasteiger partial charge is 0.120 e. The Bertz CT molecular complexity index is 601. The van der Waals surface area contributed by atoms with Crippen LogP contribution in [0.2, 0.25) is 10.0 Å². The third-order valence-corrected chi connectivity index (χ3v) is 4.11. The Hall–Kier alpha value is -1.22. The normalized spacial score (nSPS) is 12.3. The minimum atomic E-state index is 0.136. The summed E-state index contributed by atoms with van der Waals surface area (Å²) in [5.74, 6) is 0.335. The lowest BCUT2D eigenvalue weighted by atomic mass is 10.0. The molecule has 0 aliphatic heterocycles. The molecular formula is C17H19Cl2NO. The van der Waals surface area contributed by atoms with Gasteiger partial charge in [-0.2, -0.15) is 0 Å². The van der Waals surface area contributed by atoms with Crippen molar-refractivity contribution in [3.63, 3.8) is 0 Å². The van der Waals surface area contributed by atoms with Gasteiger partial charge in [0.15, 0.2) is 0 Å². The molecule has 0 aliphatic carbocycles. The van der Waals surface area contributed by atoms with E-state index in [-0.39, 0.29) is 6.04 Å². The number of para-hydroxylation sites is 1. The first kappa shape index (κ1) is 16.2. The maximum absolute atomic E-state index is 9.93. The molecule has 2 N–H and O–H groups in total. The van der Waals surface area contributed by atoms with Gasteiger partial charge in [0.05, 0.1) is 0 Å². The summed E-state index contributed by atoms with van der Waals surface area (Å²) in [7, 11) is 0. The summed E-state index contributed by atoms with van der Waals surface area (Å²) in [6, 6.07) is 13.1. The van der Waals surface area contributed by atoms with Gasteiger partial charge in [-0.15, -0.1) is 0 Å². The second-order valence-electron chi connectivity index (χ2n) is 4.96. The Kier molecular flexibility index (Phi) is 5.92. The summed E-state index contributed by atoms with van der Waals surface area (Å²) < 4.78 is 0. The summed E-state index contributed by atoms with van der Waals surface area (Å²) in [6.45, 7) is 2.88. The van der Waals surface area contributed by atoms with E-state index in [1.165, 1.54) is 0 Å². The largest absolute Gasteiger partial charge is 0.508 e. The van der Waals surface area contributed by atoms with Crippen molar-refractivity contribution in [2.75, 3.05) is 6.54 Å². The zero-order valence-electron chi connectivity index (χ0n) is 11.9. The van der Waals surface area contributed by atoms with Crippen LogP contribution in [0.1, 0.15) is 30.5 Å². The lowest BCUT2D eigenvalue weighted by Crippen LogP contribution is -2.23. The van der Waals surface area contributed by atoms with Crippen LogP contribution < -0.4 is 5.32 Å². The Morgan fingerprint density at radius 3 is 2.57 bits per heavy atom. The number of hydrogen-bond donors (Lipinski definition) is 2.